The highest BCUT2D eigenvalue weighted by Gasteiger charge is 2.10. The Labute approximate surface area is 142 Å². The zero-order valence-electron chi connectivity index (χ0n) is 12.7. The summed E-state index contributed by atoms with van der Waals surface area (Å²) >= 11 is 2.55. The molecule has 23 heavy (non-hydrogen) atoms. The molecule has 7 nitrogen and oxygen atoms in total. The number of amides is 2. The van der Waals surface area contributed by atoms with Gasteiger partial charge in [0.2, 0.25) is 16.9 Å². The van der Waals surface area contributed by atoms with Crippen LogP contribution in [0.4, 0.5) is 5.13 Å². The van der Waals surface area contributed by atoms with Gasteiger partial charge in [-0.1, -0.05) is 36.4 Å². The van der Waals surface area contributed by atoms with E-state index in [-0.39, 0.29) is 17.6 Å². The zero-order valence-corrected chi connectivity index (χ0v) is 14.3. The van der Waals surface area contributed by atoms with E-state index in [9.17, 15) is 9.59 Å². The maximum Gasteiger partial charge on any atom is 0.230 e. The Hall–Kier alpha value is -1.87. The Morgan fingerprint density at radius 2 is 2.22 bits per heavy atom. The fourth-order valence-corrected chi connectivity index (χ4v) is 3.21. The SMILES string of the molecule is CCCCC(=O)Nc1nnc(SCC(=O)NCc2ccco2)s1. The van der Waals surface area contributed by atoms with Gasteiger partial charge in [0, 0.05) is 6.42 Å². The van der Waals surface area contributed by atoms with E-state index in [1.807, 2.05) is 6.92 Å². The van der Waals surface area contributed by atoms with Gasteiger partial charge < -0.3 is 15.1 Å². The van der Waals surface area contributed by atoms with Crippen LogP contribution in [0.15, 0.2) is 27.2 Å². The van der Waals surface area contributed by atoms with Crippen molar-refractivity contribution in [3.8, 4) is 0 Å². The normalized spacial score (nSPS) is 10.5. The minimum absolute atomic E-state index is 0.0595. The van der Waals surface area contributed by atoms with E-state index in [0.717, 1.165) is 12.8 Å². The van der Waals surface area contributed by atoms with E-state index >= 15 is 0 Å². The standard InChI is InChI=1S/C14H18N4O3S2/c1-2-3-6-11(19)16-13-17-18-14(23-13)22-9-12(20)15-8-10-5-4-7-21-10/h4-5,7H,2-3,6,8-9H2,1H3,(H,15,20)(H,16,17,19). The molecule has 2 aromatic rings. The Kier molecular flexibility index (Phi) is 7.08. The van der Waals surface area contributed by atoms with Gasteiger partial charge in [0.25, 0.3) is 0 Å². The van der Waals surface area contributed by atoms with E-state index in [0.29, 0.717) is 28.2 Å². The van der Waals surface area contributed by atoms with Crippen LogP contribution in [0, 0.1) is 0 Å². The third kappa shape index (κ3) is 6.41. The van der Waals surface area contributed by atoms with Crippen LogP contribution >= 0.6 is 23.1 Å². The summed E-state index contributed by atoms with van der Waals surface area (Å²) in [6.07, 6.45) is 3.86. The number of nitrogens with zero attached hydrogens (tertiary/aromatic N) is 2. The van der Waals surface area contributed by atoms with E-state index in [2.05, 4.69) is 20.8 Å². The third-order valence-electron chi connectivity index (χ3n) is 2.78. The molecule has 2 N–H and O–H groups in total. The van der Waals surface area contributed by atoms with Gasteiger partial charge in [-0.3, -0.25) is 9.59 Å². The van der Waals surface area contributed by atoms with Crippen LogP contribution < -0.4 is 10.6 Å². The lowest BCUT2D eigenvalue weighted by molar-refractivity contribution is -0.119. The number of unbranched alkanes of at least 4 members (excludes halogenated alkanes) is 1. The van der Waals surface area contributed by atoms with Crippen molar-refractivity contribution in [3.05, 3.63) is 24.2 Å². The van der Waals surface area contributed by atoms with Crippen molar-refractivity contribution in [2.24, 2.45) is 0 Å². The molecular formula is C14H18N4O3S2. The molecule has 2 heterocycles. The largest absolute Gasteiger partial charge is 0.467 e. The van der Waals surface area contributed by atoms with E-state index < -0.39 is 0 Å². The molecule has 0 bridgehead atoms. The maximum atomic E-state index is 11.7. The smallest absolute Gasteiger partial charge is 0.230 e. The van der Waals surface area contributed by atoms with Gasteiger partial charge in [-0.05, 0) is 18.6 Å². The highest BCUT2D eigenvalue weighted by atomic mass is 32.2. The molecule has 124 valence electrons. The fraction of sp³-hybridized carbons (Fsp3) is 0.429. The molecule has 0 aliphatic carbocycles. The zero-order chi connectivity index (χ0) is 16.5. The summed E-state index contributed by atoms with van der Waals surface area (Å²) in [6, 6.07) is 3.57. The second-order valence-electron chi connectivity index (χ2n) is 4.67. The van der Waals surface area contributed by atoms with Gasteiger partial charge in [-0.2, -0.15) is 0 Å². The van der Waals surface area contributed by atoms with Gasteiger partial charge >= 0.3 is 0 Å². The Balaban J connectivity index is 1.69. The molecule has 0 spiro atoms. The summed E-state index contributed by atoms with van der Waals surface area (Å²) < 4.78 is 5.78. The van der Waals surface area contributed by atoms with Crippen LogP contribution in [-0.2, 0) is 16.1 Å². The highest BCUT2D eigenvalue weighted by molar-refractivity contribution is 8.01. The van der Waals surface area contributed by atoms with Crippen molar-refractivity contribution in [1.29, 1.82) is 0 Å². The van der Waals surface area contributed by atoms with Crippen LogP contribution in [0.5, 0.6) is 0 Å². The second kappa shape index (κ2) is 9.31. The average Bonchev–Trinajstić information content (AvgIpc) is 3.20. The van der Waals surface area contributed by atoms with Crippen molar-refractivity contribution < 1.29 is 14.0 Å². The van der Waals surface area contributed by atoms with Crippen LogP contribution in [0.25, 0.3) is 0 Å². The molecule has 0 unspecified atom stereocenters. The molecule has 2 aromatic heterocycles. The van der Waals surface area contributed by atoms with Crippen LogP contribution in [0.2, 0.25) is 0 Å². The van der Waals surface area contributed by atoms with Crippen LogP contribution in [-0.4, -0.2) is 27.8 Å². The molecule has 2 rings (SSSR count). The Morgan fingerprint density at radius 3 is 2.96 bits per heavy atom. The van der Waals surface area contributed by atoms with Crippen molar-refractivity contribution in [2.45, 2.75) is 37.1 Å². The number of carbonyl (C=O) groups excluding carboxylic acids is 2. The third-order valence-corrected chi connectivity index (χ3v) is 4.75. The molecule has 0 fully saturated rings. The summed E-state index contributed by atoms with van der Waals surface area (Å²) in [5.74, 6) is 0.765. The summed E-state index contributed by atoms with van der Waals surface area (Å²) in [4.78, 5) is 23.3. The van der Waals surface area contributed by atoms with Gasteiger partial charge in [0.1, 0.15) is 5.76 Å². The number of carbonyl (C=O) groups is 2. The van der Waals surface area contributed by atoms with Crippen molar-refractivity contribution in [2.75, 3.05) is 11.1 Å². The molecule has 0 aliphatic heterocycles. The molecule has 0 saturated heterocycles. The predicted molar refractivity (Wildman–Crippen MR) is 89.3 cm³/mol. The number of rotatable bonds is 9. The molecule has 0 atom stereocenters. The molecule has 2 amide bonds. The molecular weight excluding hydrogens is 336 g/mol. The van der Waals surface area contributed by atoms with Crippen molar-refractivity contribution in [1.82, 2.24) is 15.5 Å². The Morgan fingerprint density at radius 1 is 1.35 bits per heavy atom. The minimum atomic E-state index is -0.116. The first-order valence-corrected chi connectivity index (χ1v) is 9.03. The van der Waals surface area contributed by atoms with E-state index in [1.54, 1.807) is 18.4 Å². The van der Waals surface area contributed by atoms with E-state index in [1.165, 1.54) is 23.1 Å². The maximum absolute atomic E-state index is 11.7. The van der Waals surface area contributed by atoms with Gasteiger partial charge in [0.15, 0.2) is 4.34 Å². The first kappa shape index (κ1) is 17.5. The quantitative estimate of drug-likeness (QED) is 0.531. The number of thioether (sulfide) groups is 1. The monoisotopic (exact) mass is 354 g/mol. The summed E-state index contributed by atoms with van der Waals surface area (Å²) in [6.45, 7) is 2.39. The van der Waals surface area contributed by atoms with Crippen molar-refractivity contribution >= 4 is 40.0 Å². The fourth-order valence-electron chi connectivity index (χ4n) is 1.61. The number of aromatic nitrogens is 2. The molecule has 9 heteroatoms. The topological polar surface area (TPSA) is 97.1 Å². The highest BCUT2D eigenvalue weighted by Crippen LogP contribution is 2.25. The lowest BCUT2D eigenvalue weighted by Crippen LogP contribution is -2.24. The van der Waals surface area contributed by atoms with Gasteiger partial charge in [0.05, 0.1) is 18.6 Å². The first-order valence-electron chi connectivity index (χ1n) is 7.22. The minimum Gasteiger partial charge on any atom is -0.467 e. The predicted octanol–water partition coefficient (Wildman–Crippen LogP) is 2.67. The number of hydrogen-bond acceptors (Lipinski definition) is 7. The molecule has 0 aliphatic rings. The molecule has 0 saturated carbocycles. The van der Waals surface area contributed by atoms with Crippen LogP contribution in [0.3, 0.4) is 0 Å². The lowest BCUT2D eigenvalue weighted by atomic mass is 10.2. The van der Waals surface area contributed by atoms with Crippen LogP contribution in [0.1, 0.15) is 31.9 Å². The number of nitrogens with one attached hydrogen (secondary N) is 2. The van der Waals surface area contributed by atoms with Crippen molar-refractivity contribution in [3.63, 3.8) is 0 Å². The number of furan rings is 1. The van der Waals surface area contributed by atoms with E-state index in [4.69, 9.17) is 4.42 Å². The first-order chi connectivity index (χ1) is 11.2. The summed E-state index contributed by atoms with van der Waals surface area (Å²) in [5.41, 5.74) is 0. The molecule has 0 radical (unpaired) electrons. The van der Waals surface area contributed by atoms with Gasteiger partial charge in [-0.15, -0.1) is 10.2 Å². The summed E-state index contributed by atoms with van der Waals surface area (Å²) in [7, 11) is 0. The summed E-state index contributed by atoms with van der Waals surface area (Å²) in [5, 5.41) is 13.8. The molecule has 0 aromatic carbocycles. The lowest BCUT2D eigenvalue weighted by Gasteiger charge is -2.01. The average molecular weight is 354 g/mol. The second-order valence-corrected chi connectivity index (χ2v) is 6.87. The number of anilines is 1. The number of hydrogen-bond donors (Lipinski definition) is 2. The Bertz CT molecular complexity index is 628. The van der Waals surface area contributed by atoms with Gasteiger partial charge in [-0.25, -0.2) is 0 Å².